The first-order valence-corrected chi connectivity index (χ1v) is 6.23. The zero-order valence-corrected chi connectivity index (χ0v) is 11.3. The molecule has 0 spiro atoms. The number of fused-ring (bicyclic) bond motifs is 1. The molecule has 6 heteroatoms. The zero-order valence-electron chi connectivity index (χ0n) is 11.3. The Labute approximate surface area is 115 Å². The summed E-state index contributed by atoms with van der Waals surface area (Å²) in [6, 6.07) is 6.52. The molecule has 3 rings (SSSR count). The minimum atomic E-state index is -0.240. The van der Waals surface area contributed by atoms with E-state index >= 15 is 0 Å². The van der Waals surface area contributed by atoms with Crippen LogP contribution in [-0.2, 0) is 6.54 Å². The van der Waals surface area contributed by atoms with Crippen molar-refractivity contribution < 1.29 is 4.39 Å². The van der Waals surface area contributed by atoms with E-state index in [1.165, 1.54) is 18.5 Å². The van der Waals surface area contributed by atoms with Crippen molar-refractivity contribution in [3.63, 3.8) is 0 Å². The highest BCUT2D eigenvalue weighted by atomic mass is 19.1. The second-order valence-electron chi connectivity index (χ2n) is 4.77. The van der Waals surface area contributed by atoms with Gasteiger partial charge in [0.15, 0.2) is 17.0 Å². The summed E-state index contributed by atoms with van der Waals surface area (Å²) in [5, 5.41) is 0. The molecule has 20 heavy (non-hydrogen) atoms. The van der Waals surface area contributed by atoms with E-state index in [4.69, 9.17) is 0 Å². The lowest BCUT2D eigenvalue weighted by Crippen LogP contribution is -2.11. The minimum absolute atomic E-state index is 0.240. The van der Waals surface area contributed by atoms with E-state index in [-0.39, 0.29) is 5.82 Å². The van der Waals surface area contributed by atoms with E-state index < -0.39 is 0 Å². The minimum Gasteiger partial charge on any atom is -0.361 e. The highest BCUT2D eigenvalue weighted by Gasteiger charge is 2.11. The second-order valence-corrected chi connectivity index (χ2v) is 4.77. The molecule has 102 valence electrons. The predicted molar refractivity (Wildman–Crippen MR) is 75.2 cm³/mol. The molecule has 0 radical (unpaired) electrons. The third-order valence-corrected chi connectivity index (χ3v) is 3.05. The fourth-order valence-corrected chi connectivity index (χ4v) is 2.14. The first-order chi connectivity index (χ1) is 9.65. The first kappa shape index (κ1) is 12.5. The van der Waals surface area contributed by atoms with Gasteiger partial charge in [-0.2, -0.15) is 0 Å². The Morgan fingerprint density at radius 3 is 2.80 bits per heavy atom. The Bertz CT molecular complexity index is 750. The van der Waals surface area contributed by atoms with Gasteiger partial charge >= 0.3 is 0 Å². The van der Waals surface area contributed by atoms with Crippen LogP contribution < -0.4 is 4.90 Å². The number of halogens is 1. The molecule has 2 heterocycles. The number of imidazole rings is 1. The maximum absolute atomic E-state index is 13.2. The van der Waals surface area contributed by atoms with Crippen LogP contribution in [0.25, 0.3) is 11.2 Å². The molecule has 0 saturated heterocycles. The zero-order chi connectivity index (χ0) is 14.1. The maximum Gasteiger partial charge on any atom is 0.165 e. The van der Waals surface area contributed by atoms with Crippen LogP contribution in [-0.4, -0.2) is 33.6 Å². The summed E-state index contributed by atoms with van der Waals surface area (Å²) < 4.78 is 15.1. The average molecular weight is 271 g/mol. The maximum atomic E-state index is 13.2. The lowest BCUT2D eigenvalue weighted by molar-refractivity contribution is 0.624. The highest BCUT2D eigenvalue weighted by molar-refractivity contribution is 5.83. The molecule has 0 N–H and O–H groups in total. The summed E-state index contributed by atoms with van der Waals surface area (Å²) in [5.41, 5.74) is 2.36. The summed E-state index contributed by atoms with van der Waals surface area (Å²) in [4.78, 5) is 14.7. The third kappa shape index (κ3) is 2.20. The molecule has 1 aromatic carbocycles. The fraction of sp³-hybridized carbons (Fsp3) is 0.214. The van der Waals surface area contributed by atoms with Gasteiger partial charge in [0.05, 0.1) is 12.9 Å². The van der Waals surface area contributed by atoms with Crippen LogP contribution in [0.2, 0.25) is 0 Å². The smallest absolute Gasteiger partial charge is 0.165 e. The number of aromatic nitrogens is 4. The summed E-state index contributed by atoms with van der Waals surface area (Å²) in [5.74, 6) is 0.531. The Hall–Kier alpha value is -2.50. The topological polar surface area (TPSA) is 46.8 Å². The van der Waals surface area contributed by atoms with Crippen molar-refractivity contribution in [3.8, 4) is 0 Å². The van der Waals surface area contributed by atoms with Crippen molar-refractivity contribution in [3.05, 3.63) is 48.3 Å². The summed E-state index contributed by atoms with van der Waals surface area (Å²) >= 11 is 0. The molecular weight excluding hydrogens is 257 g/mol. The predicted octanol–water partition coefficient (Wildman–Crippen LogP) is 2.08. The number of benzene rings is 1. The Morgan fingerprint density at radius 2 is 2.05 bits per heavy atom. The molecule has 0 aliphatic rings. The van der Waals surface area contributed by atoms with Crippen molar-refractivity contribution >= 4 is 17.0 Å². The number of hydrogen-bond acceptors (Lipinski definition) is 4. The third-order valence-electron chi connectivity index (χ3n) is 3.05. The van der Waals surface area contributed by atoms with E-state index in [0.717, 1.165) is 22.5 Å². The van der Waals surface area contributed by atoms with E-state index in [0.29, 0.717) is 6.54 Å². The summed E-state index contributed by atoms with van der Waals surface area (Å²) in [7, 11) is 3.82. The van der Waals surface area contributed by atoms with Crippen LogP contribution in [0.5, 0.6) is 0 Å². The van der Waals surface area contributed by atoms with Gasteiger partial charge in [0.25, 0.3) is 0 Å². The van der Waals surface area contributed by atoms with Crippen LogP contribution in [0, 0.1) is 5.82 Å². The van der Waals surface area contributed by atoms with Crippen LogP contribution in [0.4, 0.5) is 10.2 Å². The fourth-order valence-electron chi connectivity index (χ4n) is 2.14. The quantitative estimate of drug-likeness (QED) is 0.731. The Kier molecular flexibility index (Phi) is 3.06. The van der Waals surface area contributed by atoms with E-state index in [1.807, 2.05) is 29.6 Å². The van der Waals surface area contributed by atoms with Gasteiger partial charge in [0, 0.05) is 14.1 Å². The van der Waals surface area contributed by atoms with Gasteiger partial charge in [-0.25, -0.2) is 19.3 Å². The molecule has 5 nitrogen and oxygen atoms in total. The molecule has 3 aromatic rings. The van der Waals surface area contributed by atoms with Crippen LogP contribution in [0.15, 0.2) is 36.9 Å². The number of hydrogen-bond donors (Lipinski definition) is 0. The molecule has 0 fully saturated rings. The molecule has 0 amide bonds. The van der Waals surface area contributed by atoms with Gasteiger partial charge in [-0.1, -0.05) is 12.1 Å². The molecule has 0 atom stereocenters. The molecule has 0 unspecified atom stereocenters. The normalized spacial score (nSPS) is 10.9. The van der Waals surface area contributed by atoms with Crippen LogP contribution in [0.3, 0.4) is 0 Å². The number of nitrogens with zero attached hydrogens (tertiary/aromatic N) is 5. The lowest BCUT2D eigenvalue weighted by Gasteiger charge is -2.11. The van der Waals surface area contributed by atoms with Gasteiger partial charge in [0.1, 0.15) is 12.1 Å². The van der Waals surface area contributed by atoms with Gasteiger partial charge in [-0.05, 0) is 17.7 Å². The monoisotopic (exact) mass is 271 g/mol. The summed E-state index contributed by atoms with van der Waals surface area (Å²) in [6.07, 6.45) is 3.22. The average Bonchev–Trinajstić information content (AvgIpc) is 2.82. The highest BCUT2D eigenvalue weighted by Crippen LogP contribution is 2.20. The van der Waals surface area contributed by atoms with E-state index in [9.17, 15) is 4.39 Å². The first-order valence-electron chi connectivity index (χ1n) is 6.23. The van der Waals surface area contributed by atoms with Gasteiger partial charge in [-0.3, -0.25) is 0 Å². The van der Waals surface area contributed by atoms with Crippen molar-refractivity contribution in [2.45, 2.75) is 6.54 Å². The Morgan fingerprint density at radius 1 is 1.20 bits per heavy atom. The standard InChI is InChI=1S/C14H14FN5/c1-19(2)13-12-14(17-8-16-13)20(9-18-12)7-10-4-3-5-11(15)6-10/h3-6,8-9H,7H2,1-2H3. The van der Waals surface area contributed by atoms with Crippen molar-refractivity contribution in [1.29, 1.82) is 0 Å². The SMILES string of the molecule is CN(C)c1ncnc2c1ncn2Cc1cccc(F)c1. The molecule has 0 aliphatic heterocycles. The van der Waals surface area contributed by atoms with Crippen molar-refractivity contribution in [1.82, 2.24) is 19.5 Å². The second kappa shape index (κ2) is 4.88. The van der Waals surface area contributed by atoms with Gasteiger partial charge in [0.2, 0.25) is 0 Å². The van der Waals surface area contributed by atoms with Crippen molar-refractivity contribution in [2.75, 3.05) is 19.0 Å². The molecule has 0 bridgehead atoms. The number of anilines is 1. The molecule has 0 saturated carbocycles. The largest absolute Gasteiger partial charge is 0.361 e. The van der Waals surface area contributed by atoms with Gasteiger partial charge in [-0.15, -0.1) is 0 Å². The van der Waals surface area contributed by atoms with Crippen LogP contribution in [0.1, 0.15) is 5.56 Å². The molecular formula is C14H14FN5. The van der Waals surface area contributed by atoms with E-state index in [2.05, 4.69) is 15.0 Å². The lowest BCUT2D eigenvalue weighted by atomic mass is 10.2. The number of rotatable bonds is 3. The van der Waals surface area contributed by atoms with E-state index in [1.54, 1.807) is 12.4 Å². The molecule has 0 aliphatic carbocycles. The molecule has 2 aromatic heterocycles. The van der Waals surface area contributed by atoms with Crippen molar-refractivity contribution in [2.24, 2.45) is 0 Å². The summed E-state index contributed by atoms with van der Waals surface area (Å²) in [6.45, 7) is 0.526. The van der Waals surface area contributed by atoms with Gasteiger partial charge < -0.3 is 9.47 Å². The van der Waals surface area contributed by atoms with Crippen LogP contribution >= 0.6 is 0 Å². The Balaban J connectivity index is 2.03.